The van der Waals surface area contributed by atoms with E-state index in [9.17, 15) is 0 Å². The highest BCUT2D eigenvalue weighted by atomic mass is 16.5. The molecule has 1 aromatic heterocycles. The van der Waals surface area contributed by atoms with E-state index in [4.69, 9.17) is 4.74 Å². The third kappa shape index (κ3) is 5.28. The third-order valence-corrected chi connectivity index (χ3v) is 2.78. The van der Waals surface area contributed by atoms with Crippen LogP contribution >= 0.6 is 0 Å². The summed E-state index contributed by atoms with van der Waals surface area (Å²) in [5, 5.41) is 3.42. The normalized spacial score (nSPS) is 11.9. The summed E-state index contributed by atoms with van der Waals surface area (Å²) in [5.41, 5.74) is -0.0198. The fourth-order valence-corrected chi connectivity index (χ4v) is 1.43. The molecule has 0 aromatic carbocycles. The number of nitrogens with one attached hydrogen (secondary N) is 2. The van der Waals surface area contributed by atoms with Gasteiger partial charge >= 0.3 is 0 Å². The molecule has 0 saturated carbocycles. The van der Waals surface area contributed by atoms with Crippen LogP contribution in [0, 0.1) is 0 Å². The van der Waals surface area contributed by atoms with Gasteiger partial charge in [0.15, 0.2) is 0 Å². The Morgan fingerprint density at radius 1 is 1.44 bits per heavy atom. The van der Waals surface area contributed by atoms with Gasteiger partial charge in [-0.05, 0) is 39.8 Å². The number of ether oxygens (including phenoxy) is 1. The van der Waals surface area contributed by atoms with Gasteiger partial charge in [0, 0.05) is 25.9 Å². The summed E-state index contributed by atoms with van der Waals surface area (Å²) in [5.74, 6) is 1.07. The second-order valence-electron chi connectivity index (χ2n) is 4.60. The first-order chi connectivity index (χ1) is 7.64. The first-order valence-electron chi connectivity index (χ1n) is 5.88. The quantitative estimate of drug-likeness (QED) is 0.663. The topological polar surface area (TPSA) is 49.9 Å². The summed E-state index contributed by atoms with van der Waals surface area (Å²) < 4.78 is 5.35. The Labute approximate surface area is 97.8 Å². The minimum Gasteiger partial charge on any atom is -0.379 e. The number of H-pyrrole nitrogens is 1. The Morgan fingerprint density at radius 2 is 2.25 bits per heavy atom. The van der Waals surface area contributed by atoms with Crippen molar-refractivity contribution in [1.82, 2.24) is 15.3 Å². The SMILES string of the molecule is COC(C)(C)CCNCCCc1ncc[nH]1. The van der Waals surface area contributed by atoms with E-state index >= 15 is 0 Å². The molecule has 0 unspecified atom stereocenters. The van der Waals surface area contributed by atoms with Gasteiger partial charge in [0.25, 0.3) is 0 Å². The maximum atomic E-state index is 5.35. The van der Waals surface area contributed by atoms with Gasteiger partial charge in [-0.2, -0.15) is 0 Å². The molecule has 4 nitrogen and oxygen atoms in total. The predicted octanol–water partition coefficient (Wildman–Crippen LogP) is 1.75. The van der Waals surface area contributed by atoms with Crippen LogP contribution in [-0.2, 0) is 11.2 Å². The number of hydrogen-bond donors (Lipinski definition) is 2. The average Bonchev–Trinajstić information content (AvgIpc) is 2.76. The highest BCUT2D eigenvalue weighted by molar-refractivity contribution is 4.86. The first-order valence-corrected chi connectivity index (χ1v) is 5.88. The van der Waals surface area contributed by atoms with E-state index in [1.807, 2.05) is 6.20 Å². The van der Waals surface area contributed by atoms with Crippen LogP contribution in [0.3, 0.4) is 0 Å². The van der Waals surface area contributed by atoms with Crippen LogP contribution in [0.4, 0.5) is 0 Å². The molecule has 0 aliphatic carbocycles. The van der Waals surface area contributed by atoms with Gasteiger partial charge in [0.1, 0.15) is 5.82 Å². The van der Waals surface area contributed by atoms with Gasteiger partial charge < -0.3 is 15.0 Å². The average molecular weight is 225 g/mol. The molecular formula is C12H23N3O. The molecule has 92 valence electrons. The molecule has 0 bridgehead atoms. The van der Waals surface area contributed by atoms with Gasteiger partial charge in [0.05, 0.1) is 5.60 Å². The lowest BCUT2D eigenvalue weighted by Crippen LogP contribution is -2.29. The second-order valence-corrected chi connectivity index (χ2v) is 4.60. The maximum Gasteiger partial charge on any atom is 0.106 e. The van der Waals surface area contributed by atoms with Crippen LogP contribution in [-0.4, -0.2) is 35.8 Å². The smallest absolute Gasteiger partial charge is 0.106 e. The highest BCUT2D eigenvalue weighted by Crippen LogP contribution is 2.11. The van der Waals surface area contributed by atoms with Crippen LogP contribution in [0.5, 0.6) is 0 Å². The lowest BCUT2D eigenvalue weighted by molar-refractivity contribution is 0.0159. The summed E-state index contributed by atoms with van der Waals surface area (Å²) in [4.78, 5) is 7.29. The minimum atomic E-state index is -0.0198. The molecule has 16 heavy (non-hydrogen) atoms. The van der Waals surface area contributed by atoms with E-state index in [0.29, 0.717) is 0 Å². The van der Waals surface area contributed by atoms with E-state index in [1.165, 1.54) is 0 Å². The van der Waals surface area contributed by atoms with Crippen molar-refractivity contribution in [2.45, 2.75) is 38.7 Å². The Morgan fingerprint density at radius 3 is 2.88 bits per heavy atom. The first kappa shape index (κ1) is 13.2. The number of methoxy groups -OCH3 is 1. The second kappa shape index (κ2) is 6.66. The van der Waals surface area contributed by atoms with Crippen molar-refractivity contribution in [1.29, 1.82) is 0 Å². The molecule has 1 aromatic rings. The largest absolute Gasteiger partial charge is 0.379 e. The van der Waals surface area contributed by atoms with Crippen LogP contribution < -0.4 is 5.32 Å². The van der Waals surface area contributed by atoms with Crippen molar-refractivity contribution in [3.63, 3.8) is 0 Å². The van der Waals surface area contributed by atoms with Crippen molar-refractivity contribution in [2.75, 3.05) is 20.2 Å². The molecule has 1 heterocycles. The minimum absolute atomic E-state index is 0.0198. The van der Waals surface area contributed by atoms with Gasteiger partial charge in [-0.25, -0.2) is 4.98 Å². The lowest BCUT2D eigenvalue weighted by Gasteiger charge is -2.22. The monoisotopic (exact) mass is 225 g/mol. The van der Waals surface area contributed by atoms with Crippen molar-refractivity contribution >= 4 is 0 Å². The fraction of sp³-hybridized carbons (Fsp3) is 0.750. The van der Waals surface area contributed by atoms with E-state index in [1.54, 1.807) is 13.3 Å². The fourth-order valence-electron chi connectivity index (χ4n) is 1.43. The molecule has 0 aliphatic heterocycles. The lowest BCUT2D eigenvalue weighted by atomic mass is 10.1. The van der Waals surface area contributed by atoms with Gasteiger partial charge in [-0.3, -0.25) is 0 Å². The van der Waals surface area contributed by atoms with Crippen LogP contribution in [0.1, 0.15) is 32.5 Å². The number of imidazole rings is 1. The van der Waals surface area contributed by atoms with E-state index < -0.39 is 0 Å². The predicted molar refractivity (Wildman–Crippen MR) is 65.5 cm³/mol. The molecule has 0 amide bonds. The van der Waals surface area contributed by atoms with Crippen LogP contribution in [0.25, 0.3) is 0 Å². The summed E-state index contributed by atoms with van der Waals surface area (Å²) in [6.45, 7) is 6.24. The molecular weight excluding hydrogens is 202 g/mol. The van der Waals surface area contributed by atoms with E-state index in [0.717, 1.165) is 38.2 Å². The van der Waals surface area contributed by atoms with Gasteiger partial charge in [-0.1, -0.05) is 0 Å². The molecule has 4 heteroatoms. The Bertz CT molecular complexity index is 270. The molecule has 0 atom stereocenters. The van der Waals surface area contributed by atoms with Gasteiger partial charge in [0.2, 0.25) is 0 Å². The van der Waals surface area contributed by atoms with Crippen molar-refractivity contribution in [3.8, 4) is 0 Å². The van der Waals surface area contributed by atoms with Crippen molar-refractivity contribution in [2.24, 2.45) is 0 Å². The maximum absolute atomic E-state index is 5.35. The zero-order chi connectivity index (χ0) is 11.9. The number of hydrogen-bond acceptors (Lipinski definition) is 3. The molecule has 0 saturated heterocycles. The van der Waals surface area contributed by atoms with E-state index in [2.05, 4.69) is 29.1 Å². The molecule has 0 fully saturated rings. The molecule has 0 spiro atoms. The highest BCUT2D eigenvalue weighted by Gasteiger charge is 2.14. The summed E-state index contributed by atoms with van der Waals surface area (Å²) in [6.07, 6.45) is 6.81. The standard InChI is InChI=1S/C12H23N3O/c1-12(2,16-3)6-8-13-7-4-5-11-14-9-10-15-11/h9-10,13H,4-8H2,1-3H3,(H,14,15). The molecule has 0 radical (unpaired) electrons. The summed E-state index contributed by atoms with van der Waals surface area (Å²) in [7, 11) is 1.76. The molecule has 2 N–H and O–H groups in total. The summed E-state index contributed by atoms with van der Waals surface area (Å²) in [6, 6.07) is 0. The third-order valence-electron chi connectivity index (χ3n) is 2.78. The zero-order valence-corrected chi connectivity index (χ0v) is 10.5. The molecule has 0 aliphatic rings. The van der Waals surface area contributed by atoms with Crippen LogP contribution in [0.15, 0.2) is 12.4 Å². The Balaban J connectivity index is 1.96. The number of nitrogens with zero attached hydrogens (tertiary/aromatic N) is 1. The zero-order valence-electron chi connectivity index (χ0n) is 10.5. The number of aryl methyl sites for hydroxylation is 1. The van der Waals surface area contributed by atoms with Crippen LogP contribution in [0.2, 0.25) is 0 Å². The Kier molecular flexibility index (Phi) is 5.49. The van der Waals surface area contributed by atoms with Gasteiger partial charge in [-0.15, -0.1) is 0 Å². The Hall–Kier alpha value is -0.870. The summed E-state index contributed by atoms with van der Waals surface area (Å²) >= 11 is 0. The number of rotatable bonds is 8. The van der Waals surface area contributed by atoms with Crippen molar-refractivity contribution < 1.29 is 4.74 Å². The number of aromatic amines is 1. The number of aromatic nitrogens is 2. The van der Waals surface area contributed by atoms with E-state index in [-0.39, 0.29) is 5.60 Å². The molecule has 1 rings (SSSR count). The van der Waals surface area contributed by atoms with Crippen molar-refractivity contribution in [3.05, 3.63) is 18.2 Å².